The van der Waals surface area contributed by atoms with Crippen molar-refractivity contribution in [3.8, 4) is 5.75 Å². The van der Waals surface area contributed by atoms with Crippen LogP contribution in [0.3, 0.4) is 0 Å². The molecule has 0 spiro atoms. The summed E-state index contributed by atoms with van der Waals surface area (Å²) in [6.07, 6.45) is 0.774. The molecule has 0 aliphatic carbocycles. The molecular weight excluding hydrogens is 378 g/mol. The van der Waals surface area contributed by atoms with Crippen LogP contribution < -0.4 is 0 Å². The maximum Gasteiger partial charge on any atom is 0.306 e. The van der Waals surface area contributed by atoms with E-state index in [-0.39, 0.29) is 12.1 Å². The number of nitrogens with zero attached hydrogens (tertiary/aromatic N) is 1. The number of aryl methyl sites for hydroxylation is 3. The molecule has 6 heteroatoms. The summed E-state index contributed by atoms with van der Waals surface area (Å²) in [6.45, 7) is 5.64. The smallest absolute Gasteiger partial charge is 0.306 e. The number of aromatic nitrogens is 1. The lowest BCUT2D eigenvalue weighted by Gasteiger charge is -2.12. The van der Waals surface area contributed by atoms with Gasteiger partial charge in [-0.3, -0.25) is 4.79 Å². The first-order chi connectivity index (χ1) is 12.9. The van der Waals surface area contributed by atoms with E-state index in [0.29, 0.717) is 24.3 Å². The Labute approximate surface area is 167 Å². The number of phenolic OH excluding ortho intramolecular Hbond substituents is 1. The molecule has 3 rings (SSSR count). The van der Waals surface area contributed by atoms with E-state index < -0.39 is 0 Å². The first-order valence-electron chi connectivity index (χ1n) is 8.89. The van der Waals surface area contributed by atoms with Crippen LogP contribution in [0.15, 0.2) is 40.7 Å². The van der Waals surface area contributed by atoms with Gasteiger partial charge in [-0.1, -0.05) is 36.0 Å². The molecule has 1 N–H and O–H groups in total. The van der Waals surface area contributed by atoms with E-state index >= 15 is 0 Å². The standard InChI is InChI=1S/C21H23NO3S2/c1-13-10-16(11-14(2)20(13)24)8-9-19(23)25-15(3)12-26-21-22-17-6-4-5-7-18(17)27-21/h4-7,10-11,15,24H,8-9,12H2,1-3H3. The van der Waals surface area contributed by atoms with Crippen molar-refractivity contribution < 1.29 is 14.6 Å². The Balaban J connectivity index is 1.46. The number of hydrogen-bond donors (Lipinski definition) is 1. The van der Waals surface area contributed by atoms with Gasteiger partial charge < -0.3 is 9.84 Å². The second-order valence-electron chi connectivity index (χ2n) is 6.64. The van der Waals surface area contributed by atoms with E-state index in [2.05, 4.69) is 11.1 Å². The highest BCUT2D eigenvalue weighted by molar-refractivity contribution is 8.01. The predicted molar refractivity (Wildman–Crippen MR) is 112 cm³/mol. The number of aromatic hydroxyl groups is 1. The molecule has 27 heavy (non-hydrogen) atoms. The molecule has 2 aromatic carbocycles. The Morgan fingerprint density at radius 3 is 2.67 bits per heavy atom. The summed E-state index contributed by atoms with van der Waals surface area (Å²) in [5, 5.41) is 9.83. The van der Waals surface area contributed by atoms with E-state index in [1.807, 2.05) is 51.1 Å². The largest absolute Gasteiger partial charge is 0.507 e. The zero-order chi connectivity index (χ0) is 19.4. The van der Waals surface area contributed by atoms with Gasteiger partial charge in [0.05, 0.1) is 10.2 Å². The highest BCUT2D eigenvalue weighted by atomic mass is 32.2. The van der Waals surface area contributed by atoms with Crippen molar-refractivity contribution >= 4 is 39.3 Å². The van der Waals surface area contributed by atoms with Crippen LogP contribution in [0.1, 0.15) is 30.0 Å². The second-order valence-corrected chi connectivity index (χ2v) is 8.93. The van der Waals surface area contributed by atoms with Gasteiger partial charge in [-0.25, -0.2) is 4.98 Å². The third-order valence-corrected chi connectivity index (χ3v) is 6.63. The zero-order valence-electron chi connectivity index (χ0n) is 15.7. The number of carbonyl (C=O) groups is 1. The molecule has 3 aromatic rings. The molecule has 142 valence electrons. The fourth-order valence-corrected chi connectivity index (χ4v) is 4.87. The van der Waals surface area contributed by atoms with Crippen molar-refractivity contribution in [3.05, 3.63) is 53.1 Å². The normalized spacial score (nSPS) is 12.3. The molecule has 0 aliphatic heterocycles. The first-order valence-corrected chi connectivity index (χ1v) is 10.7. The van der Waals surface area contributed by atoms with Gasteiger partial charge >= 0.3 is 5.97 Å². The number of fused-ring (bicyclic) bond motifs is 1. The molecule has 1 heterocycles. The van der Waals surface area contributed by atoms with Crippen LogP contribution in [-0.2, 0) is 16.0 Å². The topological polar surface area (TPSA) is 59.4 Å². The first kappa shape index (κ1) is 19.7. The quantitative estimate of drug-likeness (QED) is 0.431. The van der Waals surface area contributed by atoms with Gasteiger partial charge in [0.15, 0.2) is 4.34 Å². The molecule has 0 amide bonds. The van der Waals surface area contributed by atoms with E-state index in [1.165, 1.54) is 4.70 Å². The number of benzene rings is 2. The lowest BCUT2D eigenvalue weighted by Crippen LogP contribution is -2.17. The maximum absolute atomic E-state index is 12.1. The Morgan fingerprint density at radius 1 is 1.26 bits per heavy atom. The summed E-state index contributed by atoms with van der Waals surface area (Å²) in [6, 6.07) is 11.9. The van der Waals surface area contributed by atoms with Gasteiger partial charge in [0, 0.05) is 12.2 Å². The molecule has 1 unspecified atom stereocenters. The minimum Gasteiger partial charge on any atom is -0.507 e. The summed E-state index contributed by atoms with van der Waals surface area (Å²) in [5.74, 6) is 0.806. The Bertz CT molecular complexity index is 895. The lowest BCUT2D eigenvalue weighted by molar-refractivity contribution is -0.147. The third-order valence-electron chi connectivity index (χ3n) is 4.22. The Morgan fingerprint density at radius 2 is 1.96 bits per heavy atom. The molecule has 0 radical (unpaired) electrons. The maximum atomic E-state index is 12.1. The third kappa shape index (κ3) is 5.23. The lowest BCUT2D eigenvalue weighted by atomic mass is 10.0. The molecule has 0 bridgehead atoms. The number of ether oxygens (including phenoxy) is 1. The summed E-state index contributed by atoms with van der Waals surface area (Å²) >= 11 is 3.28. The van der Waals surface area contributed by atoms with Crippen LogP contribution in [-0.4, -0.2) is 27.9 Å². The van der Waals surface area contributed by atoms with Gasteiger partial charge in [-0.2, -0.15) is 0 Å². The molecule has 0 aliphatic rings. The molecule has 0 saturated heterocycles. The highest BCUT2D eigenvalue weighted by Gasteiger charge is 2.13. The van der Waals surface area contributed by atoms with Crippen LogP contribution in [0.5, 0.6) is 5.75 Å². The van der Waals surface area contributed by atoms with Gasteiger partial charge in [-0.05, 0) is 56.0 Å². The van der Waals surface area contributed by atoms with Crippen molar-refractivity contribution in [2.24, 2.45) is 0 Å². The van der Waals surface area contributed by atoms with Crippen LogP contribution in [0.2, 0.25) is 0 Å². The van der Waals surface area contributed by atoms with Crippen molar-refractivity contribution in [1.29, 1.82) is 0 Å². The number of thioether (sulfide) groups is 1. The number of carbonyl (C=O) groups excluding carboxylic acids is 1. The highest BCUT2D eigenvalue weighted by Crippen LogP contribution is 2.30. The summed E-state index contributed by atoms with van der Waals surface area (Å²) in [5.41, 5.74) is 3.71. The SMILES string of the molecule is Cc1cc(CCC(=O)OC(C)CSc2nc3ccccc3s2)cc(C)c1O. The fourth-order valence-electron chi connectivity index (χ4n) is 2.86. The number of rotatable bonds is 7. The summed E-state index contributed by atoms with van der Waals surface area (Å²) < 4.78 is 7.68. The molecule has 0 saturated carbocycles. The molecule has 1 atom stereocenters. The second kappa shape index (κ2) is 8.76. The van der Waals surface area contributed by atoms with Gasteiger partial charge in [0.2, 0.25) is 0 Å². The van der Waals surface area contributed by atoms with Gasteiger partial charge in [0.25, 0.3) is 0 Å². The van der Waals surface area contributed by atoms with E-state index in [9.17, 15) is 9.90 Å². The van der Waals surface area contributed by atoms with Crippen LogP contribution in [0, 0.1) is 13.8 Å². The van der Waals surface area contributed by atoms with E-state index in [4.69, 9.17) is 4.74 Å². The summed E-state index contributed by atoms with van der Waals surface area (Å²) in [4.78, 5) is 16.7. The zero-order valence-corrected chi connectivity index (χ0v) is 17.3. The Hall–Kier alpha value is -2.05. The molecule has 0 fully saturated rings. The number of phenols is 1. The van der Waals surface area contributed by atoms with E-state index in [1.54, 1.807) is 23.1 Å². The number of esters is 1. The van der Waals surface area contributed by atoms with Crippen molar-refractivity contribution in [1.82, 2.24) is 4.98 Å². The van der Waals surface area contributed by atoms with Crippen LogP contribution >= 0.6 is 23.1 Å². The van der Waals surface area contributed by atoms with Crippen LogP contribution in [0.25, 0.3) is 10.2 Å². The Kier molecular flexibility index (Phi) is 6.39. The number of thiazole rings is 1. The minimum absolute atomic E-state index is 0.169. The molecule has 4 nitrogen and oxygen atoms in total. The number of hydrogen-bond acceptors (Lipinski definition) is 6. The predicted octanol–water partition coefficient (Wildman–Crippen LogP) is 5.28. The van der Waals surface area contributed by atoms with E-state index in [0.717, 1.165) is 26.5 Å². The minimum atomic E-state index is -0.198. The van der Waals surface area contributed by atoms with Gasteiger partial charge in [0.1, 0.15) is 11.9 Å². The monoisotopic (exact) mass is 401 g/mol. The van der Waals surface area contributed by atoms with Gasteiger partial charge in [-0.15, -0.1) is 11.3 Å². The average molecular weight is 402 g/mol. The molecular formula is C21H23NO3S2. The number of para-hydroxylation sites is 1. The van der Waals surface area contributed by atoms with Crippen molar-refractivity contribution in [2.75, 3.05) is 5.75 Å². The fraction of sp³-hybridized carbons (Fsp3) is 0.333. The van der Waals surface area contributed by atoms with Crippen molar-refractivity contribution in [3.63, 3.8) is 0 Å². The summed E-state index contributed by atoms with van der Waals surface area (Å²) in [7, 11) is 0. The average Bonchev–Trinajstić information content (AvgIpc) is 3.05. The molecule has 1 aromatic heterocycles. The van der Waals surface area contributed by atoms with Crippen LogP contribution in [0.4, 0.5) is 0 Å². The van der Waals surface area contributed by atoms with Crippen molar-refractivity contribution in [2.45, 2.75) is 44.1 Å².